The molecule has 0 bridgehead atoms. The van der Waals surface area contributed by atoms with Crippen molar-refractivity contribution < 1.29 is 14.8 Å². The number of nitro groups is 1. The van der Waals surface area contributed by atoms with Crippen LogP contribution >= 0.6 is 24.0 Å². The number of hydrogen-bond donors (Lipinski definition) is 2. The molecule has 0 aliphatic rings. The molecule has 0 spiro atoms. The lowest BCUT2D eigenvalue weighted by molar-refractivity contribution is -0.384. The molecule has 0 radical (unpaired) electrons. The van der Waals surface area contributed by atoms with Gasteiger partial charge in [0.15, 0.2) is 0 Å². The zero-order valence-electron chi connectivity index (χ0n) is 12.6. The molecule has 1 atom stereocenters. The van der Waals surface area contributed by atoms with E-state index < -0.39 is 11.0 Å². The van der Waals surface area contributed by atoms with E-state index >= 15 is 0 Å². The fraction of sp³-hybridized carbons (Fsp3) is 0.188. The Balaban J connectivity index is 1.70. The second-order valence-electron chi connectivity index (χ2n) is 4.81. The van der Waals surface area contributed by atoms with Gasteiger partial charge >= 0.3 is 0 Å². The maximum Gasteiger partial charge on any atom is 0.269 e. The smallest absolute Gasteiger partial charge is 0.269 e. The van der Waals surface area contributed by atoms with Crippen molar-refractivity contribution in [3.63, 3.8) is 0 Å². The van der Waals surface area contributed by atoms with Gasteiger partial charge in [0.1, 0.15) is 16.7 Å². The van der Waals surface area contributed by atoms with Crippen molar-refractivity contribution in [2.75, 3.05) is 17.7 Å². The molecule has 2 aromatic rings. The van der Waals surface area contributed by atoms with Gasteiger partial charge in [0.05, 0.1) is 11.0 Å². The molecule has 2 N–H and O–H groups in total. The summed E-state index contributed by atoms with van der Waals surface area (Å²) in [6.07, 6.45) is -0.708. The number of nitro benzene ring substituents is 1. The van der Waals surface area contributed by atoms with Gasteiger partial charge in [-0.25, -0.2) is 0 Å². The highest BCUT2D eigenvalue weighted by atomic mass is 32.2. The number of nitrogens with zero attached hydrogens (tertiary/aromatic N) is 1. The Morgan fingerprint density at radius 3 is 2.54 bits per heavy atom. The van der Waals surface area contributed by atoms with Crippen molar-refractivity contribution in [2.24, 2.45) is 0 Å². The molecule has 0 aromatic heterocycles. The van der Waals surface area contributed by atoms with E-state index in [9.17, 15) is 15.2 Å². The number of hydrogen-bond acceptors (Lipinski definition) is 6. The minimum Gasteiger partial charge on any atom is -0.491 e. The van der Waals surface area contributed by atoms with E-state index in [4.69, 9.17) is 17.0 Å². The lowest BCUT2D eigenvalue weighted by Crippen LogP contribution is -2.21. The lowest BCUT2D eigenvalue weighted by Gasteiger charge is -2.13. The summed E-state index contributed by atoms with van der Waals surface area (Å²) in [6, 6.07) is 15.2. The van der Waals surface area contributed by atoms with Crippen molar-refractivity contribution in [1.82, 2.24) is 0 Å². The van der Waals surface area contributed by atoms with Crippen LogP contribution in [0.3, 0.4) is 0 Å². The maximum absolute atomic E-state index is 10.6. The standard InChI is InChI=1S/C16H16N2O4S2/c19-14(10-22-15-8-6-13(7-9-15)18(20)21)11-24-16(23)17-12-4-2-1-3-5-12/h1-9,14,19H,10-11H2,(H,17,23). The van der Waals surface area contributed by atoms with Crippen molar-refractivity contribution in [3.05, 3.63) is 64.7 Å². The van der Waals surface area contributed by atoms with Crippen LogP contribution in [-0.2, 0) is 0 Å². The third-order valence-corrected chi connectivity index (χ3v) is 4.29. The largest absolute Gasteiger partial charge is 0.491 e. The van der Waals surface area contributed by atoms with Gasteiger partial charge in [-0.2, -0.15) is 0 Å². The van der Waals surface area contributed by atoms with Crippen LogP contribution in [0.25, 0.3) is 0 Å². The molecule has 0 amide bonds. The van der Waals surface area contributed by atoms with Crippen molar-refractivity contribution in [2.45, 2.75) is 6.10 Å². The molecule has 126 valence electrons. The van der Waals surface area contributed by atoms with Crippen LogP contribution in [0.4, 0.5) is 11.4 Å². The molecular weight excluding hydrogens is 348 g/mol. The van der Waals surface area contributed by atoms with Crippen LogP contribution in [-0.4, -0.2) is 32.8 Å². The van der Waals surface area contributed by atoms with E-state index in [1.807, 2.05) is 30.3 Å². The summed E-state index contributed by atoms with van der Waals surface area (Å²) in [5.41, 5.74) is 0.891. The number of benzene rings is 2. The highest BCUT2D eigenvalue weighted by molar-refractivity contribution is 8.23. The molecule has 8 heteroatoms. The molecule has 0 aliphatic carbocycles. The van der Waals surface area contributed by atoms with E-state index in [-0.39, 0.29) is 12.3 Å². The maximum atomic E-state index is 10.6. The molecule has 0 saturated heterocycles. The van der Waals surface area contributed by atoms with Crippen molar-refractivity contribution in [1.29, 1.82) is 0 Å². The molecular formula is C16H16N2O4S2. The number of aliphatic hydroxyl groups is 1. The number of thioether (sulfide) groups is 1. The number of anilines is 1. The second kappa shape index (κ2) is 9.21. The molecule has 0 saturated carbocycles. The quantitative estimate of drug-likeness (QED) is 0.442. The number of thiocarbonyl (C=S) groups is 1. The van der Waals surface area contributed by atoms with E-state index in [1.54, 1.807) is 0 Å². The fourth-order valence-electron chi connectivity index (χ4n) is 1.75. The Morgan fingerprint density at radius 2 is 1.92 bits per heavy atom. The first-order valence-electron chi connectivity index (χ1n) is 7.09. The topological polar surface area (TPSA) is 84.6 Å². The Labute approximate surface area is 149 Å². The van der Waals surface area contributed by atoms with E-state index in [1.165, 1.54) is 36.0 Å². The average Bonchev–Trinajstić information content (AvgIpc) is 2.59. The van der Waals surface area contributed by atoms with Gasteiger partial charge in [-0.05, 0) is 24.3 Å². The summed E-state index contributed by atoms with van der Waals surface area (Å²) in [7, 11) is 0. The van der Waals surface area contributed by atoms with Crippen molar-refractivity contribution >= 4 is 39.7 Å². The number of nitrogens with one attached hydrogen (secondary N) is 1. The van der Waals surface area contributed by atoms with Gasteiger partial charge in [-0.15, -0.1) is 0 Å². The summed E-state index contributed by atoms with van der Waals surface area (Å²) >= 11 is 6.53. The summed E-state index contributed by atoms with van der Waals surface area (Å²) < 4.78 is 5.97. The van der Waals surface area contributed by atoms with E-state index in [2.05, 4.69) is 5.32 Å². The first kappa shape index (κ1) is 18.2. The van der Waals surface area contributed by atoms with E-state index in [0.29, 0.717) is 15.8 Å². The highest BCUT2D eigenvalue weighted by Crippen LogP contribution is 2.18. The van der Waals surface area contributed by atoms with Crippen LogP contribution in [0.5, 0.6) is 5.75 Å². The normalized spacial score (nSPS) is 11.5. The molecule has 0 aliphatic heterocycles. The van der Waals surface area contributed by atoms with Gasteiger partial charge < -0.3 is 15.2 Å². The predicted molar refractivity (Wildman–Crippen MR) is 99.7 cm³/mol. The van der Waals surface area contributed by atoms with E-state index in [0.717, 1.165) is 5.69 Å². The van der Waals surface area contributed by atoms with Gasteiger partial charge in [0.25, 0.3) is 5.69 Å². The van der Waals surface area contributed by atoms with Crippen LogP contribution in [0.15, 0.2) is 54.6 Å². The fourth-order valence-corrected chi connectivity index (χ4v) is 2.70. The summed E-state index contributed by atoms with van der Waals surface area (Å²) in [5.74, 6) is 0.848. The monoisotopic (exact) mass is 364 g/mol. The number of rotatable bonds is 7. The van der Waals surface area contributed by atoms with Gasteiger partial charge in [-0.3, -0.25) is 10.1 Å². The molecule has 6 nitrogen and oxygen atoms in total. The van der Waals surface area contributed by atoms with Crippen molar-refractivity contribution in [3.8, 4) is 5.75 Å². The van der Waals surface area contributed by atoms with Crippen LogP contribution in [0, 0.1) is 10.1 Å². The predicted octanol–water partition coefficient (Wildman–Crippen LogP) is 3.46. The number of non-ortho nitro benzene ring substituents is 1. The minimum absolute atomic E-state index is 0.00390. The van der Waals surface area contributed by atoms with Gasteiger partial charge in [0.2, 0.25) is 0 Å². The first-order chi connectivity index (χ1) is 11.5. The van der Waals surface area contributed by atoms with Crippen LogP contribution in [0.2, 0.25) is 0 Å². The third kappa shape index (κ3) is 6.15. The van der Waals surface area contributed by atoms with Crippen LogP contribution < -0.4 is 10.1 Å². The molecule has 2 aromatic carbocycles. The van der Waals surface area contributed by atoms with Gasteiger partial charge in [-0.1, -0.05) is 42.2 Å². The number of ether oxygens (including phenoxy) is 1. The third-order valence-electron chi connectivity index (χ3n) is 2.92. The summed E-state index contributed by atoms with van der Waals surface area (Å²) in [5, 5.41) is 23.6. The summed E-state index contributed by atoms with van der Waals surface area (Å²) in [4.78, 5) is 10.1. The zero-order valence-corrected chi connectivity index (χ0v) is 14.3. The Morgan fingerprint density at radius 1 is 1.25 bits per heavy atom. The first-order valence-corrected chi connectivity index (χ1v) is 8.48. The Hall–Kier alpha value is -2.16. The minimum atomic E-state index is -0.708. The highest BCUT2D eigenvalue weighted by Gasteiger charge is 2.09. The zero-order chi connectivity index (χ0) is 17.4. The molecule has 0 fully saturated rings. The lowest BCUT2D eigenvalue weighted by atomic mass is 10.3. The number of aliphatic hydroxyl groups excluding tert-OH is 1. The molecule has 24 heavy (non-hydrogen) atoms. The van der Waals surface area contributed by atoms with Crippen LogP contribution in [0.1, 0.15) is 0 Å². The van der Waals surface area contributed by atoms with Gasteiger partial charge in [0, 0.05) is 23.6 Å². The second-order valence-corrected chi connectivity index (χ2v) is 6.50. The number of para-hydroxylation sites is 1. The average molecular weight is 364 g/mol. The molecule has 0 heterocycles. The summed E-state index contributed by atoms with van der Waals surface area (Å²) in [6.45, 7) is 0.0821. The molecule has 1 unspecified atom stereocenters. The molecule has 2 rings (SSSR count). The SMILES string of the molecule is O=[N+]([O-])c1ccc(OCC(O)CSC(=S)Nc2ccccc2)cc1. The Bertz CT molecular complexity index is 680. The Kier molecular flexibility index (Phi) is 6.98.